The van der Waals surface area contributed by atoms with Crippen molar-refractivity contribution in [2.75, 3.05) is 46.1 Å². The van der Waals surface area contributed by atoms with E-state index < -0.39 is 0 Å². The predicted molar refractivity (Wildman–Crippen MR) is 78.9 cm³/mol. The maximum atomic E-state index is 9.47. The highest BCUT2D eigenvalue weighted by atomic mass is 16.5. The molecule has 20 heavy (non-hydrogen) atoms. The first-order chi connectivity index (χ1) is 9.61. The van der Waals surface area contributed by atoms with Gasteiger partial charge < -0.3 is 14.6 Å². The van der Waals surface area contributed by atoms with Gasteiger partial charge in [-0.25, -0.2) is 0 Å². The molecule has 0 spiro atoms. The van der Waals surface area contributed by atoms with Gasteiger partial charge in [-0.3, -0.25) is 9.80 Å². The van der Waals surface area contributed by atoms with Crippen molar-refractivity contribution in [2.24, 2.45) is 0 Å². The van der Waals surface area contributed by atoms with Gasteiger partial charge in [0.2, 0.25) is 0 Å². The second-order valence-electron chi connectivity index (χ2n) is 6.32. The predicted octanol–water partition coefficient (Wildman–Crippen LogP) is 0.567. The molecule has 0 saturated carbocycles. The van der Waals surface area contributed by atoms with Crippen molar-refractivity contribution in [1.82, 2.24) is 9.80 Å². The summed E-state index contributed by atoms with van der Waals surface area (Å²) in [7, 11) is 0. The lowest BCUT2D eigenvalue weighted by molar-refractivity contribution is -0.0766. The molecule has 5 heteroatoms. The fourth-order valence-electron chi connectivity index (χ4n) is 3.28. The first kappa shape index (κ1) is 16.2. The molecule has 0 aliphatic carbocycles. The molecule has 1 N–H and O–H groups in total. The number of rotatable bonds is 5. The molecule has 5 nitrogen and oxygen atoms in total. The first-order valence-corrected chi connectivity index (χ1v) is 7.91. The number of hydrogen-bond donors (Lipinski definition) is 1. The monoisotopic (exact) mass is 286 g/mol. The van der Waals surface area contributed by atoms with E-state index in [1.54, 1.807) is 0 Å². The topological polar surface area (TPSA) is 45.2 Å². The van der Waals surface area contributed by atoms with Gasteiger partial charge in [-0.2, -0.15) is 0 Å². The van der Waals surface area contributed by atoms with Crippen molar-refractivity contribution in [3.05, 3.63) is 0 Å². The molecule has 2 fully saturated rings. The van der Waals surface area contributed by atoms with E-state index in [1.807, 2.05) is 0 Å². The van der Waals surface area contributed by atoms with E-state index in [9.17, 15) is 5.11 Å². The van der Waals surface area contributed by atoms with Gasteiger partial charge in [0.05, 0.1) is 38.6 Å². The number of aliphatic hydroxyl groups is 1. The molecule has 0 radical (unpaired) electrons. The summed E-state index contributed by atoms with van der Waals surface area (Å²) >= 11 is 0. The molecule has 118 valence electrons. The lowest BCUT2D eigenvalue weighted by Gasteiger charge is -2.42. The number of morpholine rings is 2. The van der Waals surface area contributed by atoms with Crippen LogP contribution in [0, 0.1) is 0 Å². The third-order valence-electron chi connectivity index (χ3n) is 4.55. The Morgan fingerprint density at radius 3 is 2.70 bits per heavy atom. The number of nitrogens with zero attached hydrogens (tertiary/aromatic N) is 2. The summed E-state index contributed by atoms with van der Waals surface area (Å²) < 4.78 is 11.4. The van der Waals surface area contributed by atoms with Gasteiger partial charge in [0, 0.05) is 31.7 Å². The average Bonchev–Trinajstić information content (AvgIpc) is 2.47. The van der Waals surface area contributed by atoms with Gasteiger partial charge >= 0.3 is 0 Å². The van der Waals surface area contributed by atoms with Gasteiger partial charge in [-0.15, -0.1) is 0 Å². The largest absolute Gasteiger partial charge is 0.395 e. The number of ether oxygens (including phenoxy) is 2. The lowest BCUT2D eigenvalue weighted by Crippen LogP contribution is -2.54. The zero-order valence-corrected chi connectivity index (χ0v) is 13.1. The van der Waals surface area contributed by atoms with Crippen LogP contribution in [0.4, 0.5) is 0 Å². The summed E-state index contributed by atoms with van der Waals surface area (Å²) in [5.74, 6) is 0. The molecule has 0 amide bonds. The number of aliphatic hydroxyl groups excluding tert-OH is 1. The lowest BCUT2D eigenvalue weighted by atomic mass is 10.0. The van der Waals surface area contributed by atoms with E-state index in [4.69, 9.17) is 9.47 Å². The van der Waals surface area contributed by atoms with Crippen molar-refractivity contribution < 1.29 is 14.6 Å². The summed E-state index contributed by atoms with van der Waals surface area (Å²) in [6.07, 6.45) is 1.34. The minimum atomic E-state index is 0.142. The quantitative estimate of drug-likeness (QED) is 0.800. The molecule has 2 aliphatic rings. The van der Waals surface area contributed by atoms with Crippen LogP contribution in [0.5, 0.6) is 0 Å². The van der Waals surface area contributed by atoms with Crippen LogP contribution in [-0.2, 0) is 9.47 Å². The summed E-state index contributed by atoms with van der Waals surface area (Å²) in [6.45, 7) is 12.1. The molecule has 3 atom stereocenters. The Hall–Kier alpha value is -0.200. The highest BCUT2D eigenvalue weighted by Gasteiger charge is 2.30. The van der Waals surface area contributed by atoms with Gasteiger partial charge in [-0.1, -0.05) is 0 Å². The van der Waals surface area contributed by atoms with Gasteiger partial charge in [0.1, 0.15) is 0 Å². The maximum absolute atomic E-state index is 9.47. The summed E-state index contributed by atoms with van der Waals surface area (Å²) in [5, 5.41) is 9.47. The Bertz CT molecular complexity index is 288. The van der Waals surface area contributed by atoms with Crippen molar-refractivity contribution >= 4 is 0 Å². The van der Waals surface area contributed by atoms with Crippen LogP contribution >= 0.6 is 0 Å². The van der Waals surface area contributed by atoms with Crippen LogP contribution in [0.25, 0.3) is 0 Å². The molecular formula is C15H30N2O3. The van der Waals surface area contributed by atoms with E-state index >= 15 is 0 Å². The zero-order valence-electron chi connectivity index (χ0n) is 13.1. The summed E-state index contributed by atoms with van der Waals surface area (Å²) in [5.41, 5.74) is 0. The van der Waals surface area contributed by atoms with Gasteiger partial charge in [0.15, 0.2) is 0 Å². The Labute approximate surface area is 122 Å². The van der Waals surface area contributed by atoms with Crippen molar-refractivity contribution in [2.45, 2.75) is 51.4 Å². The Morgan fingerprint density at radius 2 is 2.00 bits per heavy atom. The van der Waals surface area contributed by atoms with Crippen LogP contribution in [0.1, 0.15) is 27.2 Å². The Balaban J connectivity index is 1.85. The molecule has 2 aliphatic heterocycles. The molecule has 0 bridgehead atoms. The molecule has 3 unspecified atom stereocenters. The zero-order chi connectivity index (χ0) is 14.5. The second-order valence-corrected chi connectivity index (χ2v) is 6.32. The van der Waals surface area contributed by atoms with Crippen molar-refractivity contribution in [1.29, 1.82) is 0 Å². The fraction of sp³-hybridized carbons (Fsp3) is 1.00. The summed E-state index contributed by atoms with van der Waals surface area (Å²) in [4.78, 5) is 4.87. The van der Waals surface area contributed by atoms with Crippen molar-refractivity contribution in [3.63, 3.8) is 0 Å². The highest BCUT2D eigenvalue weighted by Crippen LogP contribution is 2.19. The van der Waals surface area contributed by atoms with Crippen LogP contribution in [-0.4, -0.2) is 85.2 Å². The Morgan fingerprint density at radius 1 is 1.20 bits per heavy atom. The van der Waals surface area contributed by atoms with Crippen LogP contribution < -0.4 is 0 Å². The Kier molecular flexibility index (Phi) is 6.23. The third-order valence-corrected chi connectivity index (χ3v) is 4.55. The normalized spacial score (nSPS) is 31.6. The van der Waals surface area contributed by atoms with Crippen LogP contribution in [0.3, 0.4) is 0 Å². The van der Waals surface area contributed by atoms with Crippen LogP contribution in [0.15, 0.2) is 0 Å². The molecular weight excluding hydrogens is 256 g/mol. The van der Waals surface area contributed by atoms with Crippen molar-refractivity contribution in [3.8, 4) is 0 Å². The van der Waals surface area contributed by atoms with Gasteiger partial charge in [-0.05, 0) is 27.2 Å². The fourth-order valence-corrected chi connectivity index (χ4v) is 3.28. The van der Waals surface area contributed by atoms with Crippen LogP contribution in [0.2, 0.25) is 0 Å². The average molecular weight is 286 g/mol. The first-order valence-electron chi connectivity index (χ1n) is 7.91. The van der Waals surface area contributed by atoms with E-state index in [2.05, 4.69) is 30.6 Å². The van der Waals surface area contributed by atoms with E-state index in [0.29, 0.717) is 24.8 Å². The minimum Gasteiger partial charge on any atom is -0.395 e. The van der Waals surface area contributed by atoms with E-state index in [0.717, 1.165) is 39.3 Å². The second kappa shape index (κ2) is 7.71. The molecule has 0 aromatic heterocycles. The molecule has 2 rings (SSSR count). The standard InChI is InChI=1S/C15H30N2O3/c1-12(2)16-4-7-20-15(9-16)8-13(3)17-5-6-19-11-14(17)10-18/h12-15,18H,4-11H2,1-3H3. The molecule has 2 heterocycles. The SMILES string of the molecule is CC(C)N1CCOC(CC(C)N2CCOCC2CO)C1. The third kappa shape index (κ3) is 4.15. The number of hydrogen-bond acceptors (Lipinski definition) is 5. The maximum Gasteiger partial charge on any atom is 0.0717 e. The molecule has 2 saturated heterocycles. The minimum absolute atomic E-state index is 0.142. The van der Waals surface area contributed by atoms with E-state index in [-0.39, 0.29) is 12.6 Å². The summed E-state index contributed by atoms with van der Waals surface area (Å²) in [6, 6.07) is 1.15. The molecule has 0 aromatic carbocycles. The smallest absolute Gasteiger partial charge is 0.0717 e. The van der Waals surface area contributed by atoms with E-state index in [1.165, 1.54) is 0 Å². The molecule has 0 aromatic rings. The van der Waals surface area contributed by atoms with Gasteiger partial charge in [0.25, 0.3) is 0 Å². The highest BCUT2D eigenvalue weighted by molar-refractivity contribution is 4.83.